The lowest BCUT2D eigenvalue weighted by Gasteiger charge is -2.37. The molecule has 1 aliphatic rings. The monoisotopic (exact) mass is 502 g/mol. The third-order valence-electron chi connectivity index (χ3n) is 7.03. The highest BCUT2D eigenvalue weighted by Crippen LogP contribution is 2.36. The molecule has 3 aromatic carbocycles. The third-order valence-corrected chi connectivity index (χ3v) is 7.28. The summed E-state index contributed by atoms with van der Waals surface area (Å²) in [5, 5.41) is 12.6. The van der Waals surface area contributed by atoms with Gasteiger partial charge in [-0.15, -0.1) is 0 Å². The number of nitrogens with zero attached hydrogens (tertiary/aromatic N) is 2. The van der Waals surface area contributed by atoms with Crippen molar-refractivity contribution in [3.8, 4) is 5.75 Å². The van der Waals surface area contributed by atoms with Gasteiger partial charge in [0.05, 0.1) is 12.7 Å². The van der Waals surface area contributed by atoms with Gasteiger partial charge in [0.15, 0.2) is 5.60 Å². The standard InChI is InChI=1S/C30H31ClN2O3/c1-2-22-17-18-33(21-28(22)35-26-15-13-25(31)14-16-26)20-27-19-32-29(36-27)30(34,23-9-5-3-6-10-23)24-11-7-4-8-12-24/h3-16,19,22,28,34H,2,17-18,20-21H2,1H3. The van der Waals surface area contributed by atoms with Crippen molar-refractivity contribution >= 4 is 11.6 Å². The molecule has 5 rings (SSSR count). The van der Waals surface area contributed by atoms with Crippen molar-refractivity contribution in [3.63, 3.8) is 0 Å². The van der Waals surface area contributed by atoms with Crippen molar-refractivity contribution in [1.29, 1.82) is 0 Å². The second-order valence-electron chi connectivity index (χ2n) is 9.38. The number of benzene rings is 3. The molecular formula is C30H31ClN2O3. The van der Waals surface area contributed by atoms with E-state index in [0.717, 1.165) is 37.4 Å². The molecule has 0 aliphatic carbocycles. The average Bonchev–Trinajstić information content (AvgIpc) is 3.40. The molecule has 1 N–H and O–H groups in total. The molecule has 0 amide bonds. The second kappa shape index (κ2) is 10.9. The number of hydrogen-bond donors (Lipinski definition) is 1. The minimum Gasteiger partial charge on any atom is -0.489 e. The summed E-state index contributed by atoms with van der Waals surface area (Å²) in [5.74, 6) is 2.31. The summed E-state index contributed by atoms with van der Waals surface area (Å²) in [4.78, 5) is 6.88. The number of ether oxygens (including phenoxy) is 1. The highest BCUT2D eigenvalue weighted by atomic mass is 35.5. The topological polar surface area (TPSA) is 58.7 Å². The van der Waals surface area contributed by atoms with Crippen LogP contribution in [0.5, 0.6) is 5.75 Å². The molecule has 1 aromatic heterocycles. The van der Waals surface area contributed by atoms with Gasteiger partial charge in [0.1, 0.15) is 17.6 Å². The Hall–Kier alpha value is -3.12. The molecule has 36 heavy (non-hydrogen) atoms. The van der Waals surface area contributed by atoms with E-state index in [1.54, 1.807) is 6.20 Å². The second-order valence-corrected chi connectivity index (χ2v) is 9.81. The van der Waals surface area contributed by atoms with E-state index in [9.17, 15) is 5.11 Å². The lowest BCUT2D eigenvalue weighted by atomic mass is 9.86. The van der Waals surface area contributed by atoms with Crippen LogP contribution in [-0.4, -0.2) is 34.2 Å². The highest BCUT2D eigenvalue weighted by molar-refractivity contribution is 6.30. The molecule has 1 aliphatic heterocycles. The average molecular weight is 503 g/mol. The fourth-order valence-corrected chi connectivity index (χ4v) is 5.13. The van der Waals surface area contributed by atoms with Crippen LogP contribution in [0.15, 0.2) is 95.5 Å². The van der Waals surface area contributed by atoms with Crippen LogP contribution in [0, 0.1) is 5.92 Å². The number of likely N-dealkylation sites (tertiary alicyclic amines) is 1. The summed E-state index contributed by atoms with van der Waals surface area (Å²) in [6, 6.07) is 26.6. The molecule has 0 saturated carbocycles. The maximum Gasteiger partial charge on any atom is 0.236 e. The van der Waals surface area contributed by atoms with Crippen LogP contribution < -0.4 is 4.74 Å². The smallest absolute Gasteiger partial charge is 0.236 e. The number of piperidine rings is 1. The van der Waals surface area contributed by atoms with Crippen LogP contribution in [0.2, 0.25) is 5.02 Å². The Bertz CT molecular complexity index is 1200. The first-order valence-electron chi connectivity index (χ1n) is 12.5. The van der Waals surface area contributed by atoms with E-state index in [2.05, 4.69) is 16.8 Å². The molecule has 6 heteroatoms. The Labute approximate surface area is 217 Å². The van der Waals surface area contributed by atoms with E-state index in [4.69, 9.17) is 20.8 Å². The van der Waals surface area contributed by atoms with Crippen molar-refractivity contribution < 1.29 is 14.3 Å². The van der Waals surface area contributed by atoms with E-state index >= 15 is 0 Å². The van der Waals surface area contributed by atoms with Crippen LogP contribution in [-0.2, 0) is 12.1 Å². The first-order chi connectivity index (χ1) is 17.6. The predicted molar refractivity (Wildman–Crippen MR) is 141 cm³/mol. The fraction of sp³-hybridized carbons (Fsp3) is 0.300. The number of oxazole rings is 1. The Balaban J connectivity index is 1.35. The molecule has 4 aromatic rings. The quantitative estimate of drug-likeness (QED) is 0.307. The van der Waals surface area contributed by atoms with Crippen LogP contribution in [0.25, 0.3) is 0 Å². The van der Waals surface area contributed by atoms with Crippen LogP contribution in [0.1, 0.15) is 42.5 Å². The van der Waals surface area contributed by atoms with Crippen LogP contribution in [0.3, 0.4) is 0 Å². The summed E-state index contributed by atoms with van der Waals surface area (Å²) >= 11 is 6.04. The van der Waals surface area contributed by atoms with E-state index in [1.807, 2.05) is 84.9 Å². The Morgan fingerprint density at radius 2 is 1.64 bits per heavy atom. The molecule has 0 bridgehead atoms. The zero-order valence-corrected chi connectivity index (χ0v) is 21.1. The van der Waals surface area contributed by atoms with Gasteiger partial charge >= 0.3 is 0 Å². The lowest BCUT2D eigenvalue weighted by Crippen LogP contribution is -2.46. The predicted octanol–water partition coefficient (Wildman–Crippen LogP) is 6.29. The number of aromatic nitrogens is 1. The molecular weight excluding hydrogens is 472 g/mol. The van der Waals surface area contributed by atoms with Crippen molar-refractivity contribution in [1.82, 2.24) is 9.88 Å². The van der Waals surface area contributed by atoms with Crippen molar-refractivity contribution in [3.05, 3.63) is 119 Å². The van der Waals surface area contributed by atoms with Gasteiger partial charge in [0.25, 0.3) is 0 Å². The third kappa shape index (κ3) is 5.19. The van der Waals surface area contributed by atoms with E-state index in [1.165, 1.54) is 0 Å². The first kappa shape index (κ1) is 24.6. The normalized spacial score (nSPS) is 18.8. The molecule has 2 heterocycles. The summed E-state index contributed by atoms with van der Waals surface area (Å²) in [5.41, 5.74) is -0.0505. The van der Waals surface area contributed by atoms with Gasteiger partial charge in [-0.2, -0.15) is 0 Å². The molecule has 0 spiro atoms. The minimum absolute atomic E-state index is 0.0814. The number of rotatable bonds is 8. The molecule has 1 saturated heterocycles. The number of halogens is 1. The summed E-state index contributed by atoms with van der Waals surface area (Å²) in [6.07, 6.45) is 3.93. The first-order valence-corrected chi connectivity index (χ1v) is 12.9. The van der Waals surface area contributed by atoms with Gasteiger partial charge in [-0.05, 0) is 60.7 Å². The zero-order valence-electron chi connectivity index (χ0n) is 20.4. The summed E-state index contributed by atoms with van der Waals surface area (Å²) in [7, 11) is 0. The van der Waals surface area contributed by atoms with Crippen molar-refractivity contribution in [2.24, 2.45) is 5.92 Å². The Kier molecular flexibility index (Phi) is 7.42. The zero-order chi connectivity index (χ0) is 25.0. The van der Waals surface area contributed by atoms with E-state index in [-0.39, 0.29) is 12.0 Å². The molecule has 2 unspecified atom stereocenters. The highest BCUT2D eigenvalue weighted by Gasteiger charge is 2.39. The molecule has 2 atom stereocenters. The minimum atomic E-state index is -1.48. The van der Waals surface area contributed by atoms with Gasteiger partial charge in [0, 0.05) is 11.6 Å². The number of aliphatic hydroxyl groups is 1. The Morgan fingerprint density at radius 1 is 1.00 bits per heavy atom. The molecule has 5 nitrogen and oxygen atoms in total. The van der Waals surface area contributed by atoms with Gasteiger partial charge in [-0.1, -0.05) is 79.2 Å². The van der Waals surface area contributed by atoms with Gasteiger partial charge in [0.2, 0.25) is 5.89 Å². The molecule has 0 radical (unpaired) electrons. The van der Waals surface area contributed by atoms with Gasteiger partial charge in [-0.3, -0.25) is 4.90 Å². The molecule has 186 valence electrons. The van der Waals surface area contributed by atoms with E-state index < -0.39 is 5.60 Å². The summed E-state index contributed by atoms with van der Waals surface area (Å²) < 4.78 is 12.6. The van der Waals surface area contributed by atoms with Crippen LogP contribution in [0.4, 0.5) is 0 Å². The van der Waals surface area contributed by atoms with Gasteiger partial charge in [-0.25, -0.2) is 4.98 Å². The van der Waals surface area contributed by atoms with Crippen LogP contribution >= 0.6 is 11.6 Å². The molecule has 1 fully saturated rings. The lowest BCUT2D eigenvalue weighted by molar-refractivity contribution is 0.0302. The number of hydrogen-bond acceptors (Lipinski definition) is 5. The fourth-order valence-electron chi connectivity index (χ4n) is 5.00. The Morgan fingerprint density at radius 3 is 2.25 bits per heavy atom. The van der Waals surface area contributed by atoms with Gasteiger partial charge < -0.3 is 14.3 Å². The maximum atomic E-state index is 11.9. The largest absolute Gasteiger partial charge is 0.489 e. The van der Waals surface area contributed by atoms with Crippen molar-refractivity contribution in [2.45, 2.75) is 38.0 Å². The van der Waals surface area contributed by atoms with Crippen molar-refractivity contribution in [2.75, 3.05) is 13.1 Å². The summed E-state index contributed by atoms with van der Waals surface area (Å²) in [6.45, 7) is 4.56. The maximum absolute atomic E-state index is 11.9. The SMILES string of the molecule is CCC1CCN(Cc2cnc(C(O)(c3ccccc3)c3ccccc3)o2)CC1Oc1ccc(Cl)cc1. The van der Waals surface area contributed by atoms with E-state index in [0.29, 0.717) is 28.6 Å².